The lowest BCUT2D eigenvalue weighted by molar-refractivity contribution is 0.0697. The monoisotopic (exact) mass is 234 g/mol. The molecule has 90 valence electrons. The van der Waals surface area contributed by atoms with Gasteiger partial charge in [-0.1, -0.05) is 6.92 Å². The zero-order valence-electron chi connectivity index (χ0n) is 9.58. The highest BCUT2D eigenvalue weighted by Gasteiger charge is 2.07. The molecule has 0 aromatic carbocycles. The fourth-order valence-corrected chi connectivity index (χ4v) is 1.64. The van der Waals surface area contributed by atoms with Gasteiger partial charge in [0.1, 0.15) is 12.2 Å². The van der Waals surface area contributed by atoms with Crippen molar-refractivity contribution >= 4 is 5.97 Å². The lowest BCUT2D eigenvalue weighted by atomic mass is 10.4. The topological polar surface area (TPSA) is 72.9 Å². The third-order valence-corrected chi connectivity index (χ3v) is 2.45. The molecule has 0 aliphatic carbocycles. The van der Waals surface area contributed by atoms with Gasteiger partial charge in [0.15, 0.2) is 0 Å². The minimum Gasteiger partial charge on any atom is -0.478 e. The molecule has 2 rings (SSSR count). The van der Waals surface area contributed by atoms with Gasteiger partial charge < -0.3 is 9.67 Å². The van der Waals surface area contributed by atoms with Crippen molar-refractivity contribution in [3.8, 4) is 0 Å². The maximum atomic E-state index is 10.7. The van der Waals surface area contributed by atoms with Gasteiger partial charge in [-0.2, -0.15) is 5.10 Å². The smallest absolute Gasteiger partial charge is 0.337 e. The maximum Gasteiger partial charge on any atom is 0.337 e. The Bertz CT molecular complexity index is 515. The van der Waals surface area contributed by atoms with Crippen LogP contribution >= 0.6 is 0 Å². The number of aromatic nitrogens is 4. The van der Waals surface area contributed by atoms with Crippen LogP contribution in [0.15, 0.2) is 24.8 Å². The summed E-state index contributed by atoms with van der Waals surface area (Å²) in [6, 6.07) is 1.57. The highest BCUT2D eigenvalue weighted by molar-refractivity contribution is 5.87. The number of rotatable bonds is 5. The minimum absolute atomic E-state index is 0.284. The van der Waals surface area contributed by atoms with Crippen molar-refractivity contribution in [2.75, 3.05) is 0 Å². The van der Waals surface area contributed by atoms with Crippen molar-refractivity contribution < 1.29 is 9.90 Å². The van der Waals surface area contributed by atoms with Crippen molar-refractivity contribution in [1.82, 2.24) is 19.3 Å². The van der Waals surface area contributed by atoms with Crippen LogP contribution < -0.4 is 0 Å². The molecule has 0 radical (unpaired) electrons. The van der Waals surface area contributed by atoms with Gasteiger partial charge in [0.25, 0.3) is 0 Å². The molecule has 0 bridgehead atoms. The molecule has 0 unspecified atom stereocenters. The molecule has 2 heterocycles. The SMILES string of the molecule is CCCn1ncnc1Cn1ccc(C(=O)O)c1. The van der Waals surface area contributed by atoms with Gasteiger partial charge in [0, 0.05) is 18.9 Å². The second-order valence-electron chi connectivity index (χ2n) is 3.78. The number of carbonyl (C=O) groups is 1. The molecular formula is C11H14N4O2. The van der Waals surface area contributed by atoms with Gasteiger partial charge >= 0.3 is 5.97 Å². The number of hydrogen-bond acceptors (Lipinski definition) is 3. The van der Waals surface area contributed by atoms with Crippen LogP contribution in [0.5, 0.6) is 0 Å². The van der Waals surface area contributed by atoms with Crippen LogP contribution in [0.1, 0.15) is 29.5 Å². The molecule has 17 heavy (non-hydrogen) atoms. The number of nitrogens with zero attached hydrogens (tertiary/aromatic N) is 4. The molecule has 2 aromatic rings. The Morgan fingerprint density at radius 3 is 3.00 bits per heavy atom. The fourth-order valence-electron chi connectivity index (χ4n) is 1.64. The van der Waals surface area contributed by atoms with Crippen LogP contribution in [0.2, 0.25) is 0 Å². The minimum atomic E-state index is -0.918. The highest BCUT2D eigenvalue weighted by atomic mass is 16.4. The standard InChI is InChI=1S/C11H14N4O2/c1-2-4-15-10(12-8-13-15)7-14-5-3-9(6-14)11(16)17/h3,5-6,8H,2,4,7H2,1H3,(H,16,17). The van der Waals surface area contributed by atoms with Gasteiger partial charge in [-0.15, -0.1) is 0 Å². The summed E-state index contributed by atoms with van der Waals surface area (Å²) in [4.78, 5) is 14.9. The summed E-state index contributed by atoms with van der Waals surface area (Å²) in [6.45, 7) is 3.43. The summed E-state index contributed by atoms with van der Waals surface area (Å²) in [7, 11) is 0. The summed E-state index contributed by atoms with van der Waals surface area (Å²) < 4.78 is 3.63. The molecule has 0 aliphatic rings. The summed E-state index contributed by atoms with van der Waals surface area (Å²) in [6.07, 6.45) is 5.83. The lowest BCUT2D eigenvalue weighted by Crippen LogP contribution is -2.09. The van der Waals surface area contributed by atoms with Gasteiger partial charge in [-0.05, 0) is 12.5 Å². The second-order valence-corrected chi connectivity index (χ2v) is 3.78. The van der Waals surface area contributed by atoms with Crippen LogP contribution in [-0.2, 0) is 13.1 Å². The molecule has 0 saturated heterocycles. The number of hydrogen-bond donors (Lipinski definition) is 1. The molecule has 0 fully saturated rings. The van der Waals surface area contributed by atoms with Gasteiger partial charge in [0.05, 0.1) is 12.1 Å². The average Bonchev–Trinajstić information content (AvgIpc) is 2.90. The Morgan fingerprint density at radius 2 is 2.35 bits per heavy atom. The van der Waals surface area contributed by atoms with Crippen molar-refractivity contribution in [1.29, 1.82) is 0 Å². The van der Waals surface area contributed by atoms with Gasteiger partial charge in [0.2, 0.25) is 0 Å². The van der Waals surface area contributed by atoms with E-state index in [-0.39, 0.29) is 5.56 Å². The summed E-state index contributed by atoms with van der Waals surface area (Å²) in [5.74, 6) is -0.0850. The average molecular weight is 234 g/mol. The Kier molecular flexibility index (Phi) is 3.22. The largest absolute Gasteiger partial charge is 0.478 e. The van der Waals surface area contributed by atoms with Crippen molar-refractivity contribution in [3.63, 3.8) is 0 Å². The zero-order chi connectivity index (χ0) is 12.3. The molecule has 0 saturated carbocycles. The molecule has 0 spiro atoms. The zero-order valence-corrected chi connectivity index (χ0v) is 9.58. The van der Waals surface area contributed by atoms with Crippen LogP contribution in [0.3, 0.4) is 0 Å². The summed E-state index contributed by atoms with van der Waals surface area (Å²) in [5, 5.41) is 12.9. The lowest BCUT2D eigenvalue weighted by Gasteiger charge is -2.04. The predicted molar refractivity (Wildman–Crippen MR) is 60.8 cm³/mol. The van der Waals surface area contributed by atoms with Gasteiger partial charge in [-0.25, -0.2) is 14.5 Å². The molecular weight excluding hydrogens is 220 g/mol. The fraction of sp³-hybridized carbons (Fsp3) is 0.364. The van der Waals surface area contributed by atoms with E-state index in [2.05, 4.69) is 17.0 Å². The first-order valence-electron chi connectivity index (χ1n) is 5.46. The molecule has 6 nitrogen and oxygen atoms in total. The van der Waals surface area contributed by atoms with Crippen LogP contribution in [0, 0.1) is 0 Å². The van der Waals surface area contributed by atoms with E-state index in [1.165, 1.54) is 6.33 Å². The molecule has 0 amide bonds. The Labute approximate surface area is 98.5 Å². The van der Waals surface area contributed by atoms with Crippen molar-refractivity contribution in [2.45, 2.75) is 26.4 Å². The third-order valence-electron chi connectivity index (χ3n) is 2.45. The van der Waals surface area contributed by atoms with E-state index in [0.717, 1.165) is 18.8 Å². The Balaban J connectivity index is 2.13. The van der Waals surface area contributed by atoms with E-state index < -0.39 is 5.97 Å². The first-order valence-corrected chi connectivity index (χ1v) is 5.46. The number of aromatic carboxylic acids is 1. The first kappa shape index (κ1) is 11.4. The van der Waals surface area contributed by atoms with E-state index in [1.807, 2.05) is 4.68 Å². The van der Waals surface area contributed by atoms with Gasteiger partial charge in [-0.3, -0.25) is 0 Å². The van der Waals surface area contributed by atoms with Crippen molar-refractivity contribution in [3.05, 3.63) is 36.2 Å². The van der Waals surface area contributed by atoms with Crippen LogP contribution in [0.4, 0.5) is 0 Å². The maximum absolute atomic E-state index is 10.7. The predicted octanol–water partition coefficient (Wildman–Crippen LogP) is 1.24. The first-order chi connectivity index (χ1) is 8.20. The molecule has 6 heteroatoms. The quantitative estimate of drug-likeness (QED) is 0.844. The number of aryl methyl sites for hydroxylation is 1. The molecule has 0 atom stereocenters. The normalized spacial score (nSPS) is 10.6. The van der Waals surface area contributed by atoms with Crippen LogP contribution in [-0.4, -0.2) is 30.4 Å². The highest BCUT2D eigenvalue weighted by Crippen LogP contribution is 2.05. The Hall–Kier alpha value is -2.11. The molecule has 2 aromatic heterocycles. The Morgan fingerprint density at radius 1 is 1.53 bits per heavy atom. The van der Waals surface area contributed by atoms with E-state index in [1.54, 1.807) is 23.0 Å². The van der Waals surface area contributed by atoms with E-state index in [0.29, 0.717) is 6.54 Å². The number of carboxylic acid groups (broad SMARTS) is 1. The second kappa shape index (κ2) is 4.82. The van der Waals surface area contributed by atoms with E-state index in [9.17, 15) is 4.79 Å². The van der Waals surface area contributed by atoms with E-state index in [4.69, 9.17) is 5.11 Å². The third kappa shape index (κ3) is 2.52. The summed E-state index contributed by atoms with van der Waals surface area (Å²) in [5.41, 5.74) is 0.284. The number of carboxylic acids is 1. The summed E-state index contributed by atoms with van der Waals surface area (Å²) >= 11 is 0. The van der Waals surface area contributed by atoms with Crippen LogP contribution in [0.25, 0.3) is 0 Å². The molecule has 1 N–H and O–H groups in total. The van der Waals surface area contributed by atoms with E-state index >= 15 is 0 Å². The molecule has 0 aliphatic heterocycles. The van der Waals surface area contributed by atoms with Crippen molar-refractivity contribution in [2.24, 2.45) is 0 Å².